The molecular weight excluding hydrogens is 248 g/mol. The zero-order chi connectivity index (χ0) is 13.7. The van der Waals surface area contributed by atoms with Crippen LogP contribution in [0.1, 0.15) is 22.5 Å². The molecule has 0 atom stereocenters. The number of carboxylic acids is 1. The minimum atomic E-state index is -0.957. The summed E-state index contributed by atoms with van der Waals surface area (Å²) in [6.45, 7) is 6.95. The van der Waals surface area contributed by atoms with E-state index >= 15 is 0 Å². The Labute approximate surface area is 111 Å². The van der Waals surface area contributed by atoms with Crippen molar-refractivity contribution in [2.75, 3.05) is 44.7 Å². The summed E-state index contributed by atoms with van der Waals surface area (Å²) in [6, 6.07) is 0. The Morgan fingerprint density at radius 3 is 2.95 bits per heavy atom. The number of rotatable bonds is 6. The van der Waals surface area contributed by atoms with E-state index in [-0.39, 0.29) is 5.56 Å². The van der Waals surface area contributed by atoms with Crippen molar-refractivity contribution in [1.82, 2.24) is 15.1 Å². The number of nitrogens with one attached hydrogen (secondary N) is 2. The number of nitrogens with zero attached hydrogens (tertiary/aromatic N) is 2. The number of morpholine rings is 1. The number of carboxylic acid groups (broad SMARTS) is 1. The van der Waals surface area contributed by atoms with Crippen LogP contribution in [0.4, 0.5) is 5.82 Å². The highest BCUT2D eigenvalue weighted by Gasteiger charge is 2.16. The van der Waals surface area contributed by atoms with Crippen molar-refractivity contribution in [2.45, 2.75) is 13.3 Å². The minimum Gasteiger partial charge on any atom is -0.477 e. The Morgan fingerprint density at radius 1 is 1.53 bits per heavy atom. The lowest BCUT2D eigenvalue weighted by atomic mass is 10.2. The van der Waals surface area contributed by atoms with Crippen LogP contribution in [0.25, 0.3) is 0 Å². The molecule has 106 valence electrons. The van der Waals surface area contributed by atoms with Gasteiger partial charge in [0.1, 0.15) is 5.56 Å². The fraction of sp³-hybridized carbons (Fsp3) is 0.667. The third-order valence-electron chi connectivity index (χ3n) is 3.21. The van der Waals surface area contributed by atoms with Gasteiger partial charge in [-0.05, 0) is 19.9 Å². The average molecular weight is 268 g/mol. The number of ether oxygens (including phenoxy) is 1. The normalized spacial score (nSPS) is 16.5. The zero-order valence-electron chi connectivity index (χ0n) is 11.1. The first-order valence-corrected chi connectivity index (χ1v) is 6.50. The summed E-state index contributed by atoms with van der Waals surface area (Å²) in [4.78, 5) is 13.4. The minimum absolute atomic E-state index is 0.228. The van der Waals surface area contributed by atoms with Crippen molar-refractivity contribution >= 4 is 11.8 Å². The first-order chi connectivity index (χ1) is 9.18. The highest BCUT2D eigenvalue weighted by molar-refractivity contribution is 5.94. The van der Waals surface area contributed by atoms with Gasteiger partial charge in [-0.2, -0.15) is 5.10 Å². The first kappa shape index (κ1) is 13.8. The maximum atomic E-state index is 11.1. The summed E-state index contributed by atoms with van der Waals surface area (Å²) in [5.41, 5.74) is 0.801. The van der Waals surface area contributed by atoms with E-state index in [9.17, 15) is 4.79 Å². The smallest absolute Gasteiger partial charge is 0.341 e. The standard InChI is InChI=1S/C12H20N4O3/c1-9-10(12(17)18)11(15-14-9)13-3-2-4-16-5-7-19-8-6-16/h2-8H2,1H3,(H,17,18)(H2,13,14,15). The van der Waals surface area contributed by atoms with Gasteiger partial charge in [-0.15, -0.1) is 0 Å². The number of aromatic nitrogens is 2. The molecule has 19 heavy (non-hydrogen) atoms. The van der Waals surface area contributed by atoms with Crippen molar-refractivity contribution < 1.29 is 14.6 Å². The van der Waals surface area contributed by atoms with Gasteiger partial charge < -0.3 is 15.2 Å². The fourth-order valence-corrected chi connectivity index (χ4v) is 2.15. The lowest BCUT2D eigenvalue weighted by molar-refractivity contribution is 0.0378. The van der Waals surface area contributed by atoms with Gasteiger partial charge in [0.2, 0.25) is 0 Å². The van der Waals surface area contributed by atoms with Crippen LogP contribution in [0, 0.1) is 6.92 Å². The van der Waals surface area contributed by atoms with Gasteiger partial charge >= 0.3 is 5.97 Å². The van der Waals surface area contributed by atoms with Gasteiger partial charge in [-0.1, -0.05) is 0 Å². The monoisotopic (exact) mass is 268 g/mol. The second-order valence-electron chi connectivity index (χ2n) is 4.61. The molecule has 0 aromatic carbocycles. The fourth-order valence-electron chi connectivity index (χ4n) is 2.15. The Morgan fingerprint density at radius 2 is 2.26 bits per heavy atom. The van der Waals surface area contributed by atoms with Crippen LogP contribution in [-0.2, 0) is 4.74 Å². The van der Waals surface area contributed by atoms with E-state index in [0.29, 0.717) is 18.1 Å². The molecule has 1 aliphatic rings. The number of carbonyl (C=O) groups is 1. The number of anilines is 1. The van der Waals surface area contributed by atoms with Crippen LogP contribution < -0.4 is 5.32 Å². The lowest BCUT2D eigenvalue weighted by Gasteiger charge is -2.26. The van der Waals surface area contributed by atoms with E-state index in [1.54, 1.807) is 6.92 Å². The molecule has 1 fully saturated rings. The molecule has 1 aromatic rings. The number of hydrogen-bond donors (Lipinski definition) is 3. The predicted molar refractivity (Wildman–Crippen MR) is 70.6 cm³/mol. The van der Waals surface area contributed by atoms with Gasteiger partial charge in [0.15, 0.2) is 5.82 Å². The van der Waals surface area contributed by atoms with Gasteiger partial charge in [-0.25, -0.2) is 4.79 Å². The van der Waals surface area contributed by atoms with E-state index in [0.717, 1.165) is 39.3 Å². The van der Waals surface area contributed by atoms with Gasteiger partial charge in [0, 0.05) is 25.3 Å². The summed E-state index contributed by atoms with van der Waals surface area (Å²) in [7, 11) is 0. The zero-order valence-corrected chi connectivity index (χ0v) is 11.1. The molecule has 3 N–H and O–H groups in total. The molecule has 0 amide bonds. The van der Waals surface area contributed by atoms with Crippen molar-refractivity contribution in [1.29, 1.82) is 0 Å². The van der Waals surface area contributed by atoms with Crippen LogP contribution in [0.5, 0.6) is 0 Å². The highest BCUT2D eigenvalue weighted by Crippen LogP contribution is 2.15. The van der Waals surface area contributed by atoms with Crippen LogP contribution in [-0.4, -0.2) is 65.6 Å². The number of H-pyrrole nitrogens is 1. The van der Waals surface area contributed by atoms with E-state index in [2.05, 4.69) is 20.4 Å². The van der Waals surface area contributed by atoms with Crippen molar-refractivity contribution in [3.63, 3.8) is 0 Å². The van der Waals surface area contributed by atoms with Crippen LogP contribution >= 0.6 is 0 Å². The molecule has 0 saturated carbocycles. The molecule has 0 radical (unpaired) electrons. The van der Waals surface area contributed by atoms with Gasteiger partial charge in [-0.3, -0.25) is 10.00 Å². The molecule has 2 rings (SSSR count). The first-order valence-electron chi connectivity index (χ1n) is 6.50. The molecule has 2 heterocycles. The molecule has 0 unspecified atom stereocenters. The molecule has 7 heteroatoms. The Kier molecular flexibility index (Phi) is 4.75. The van der Waals surface area contributed by atoms with Gasteiger partial charge in [0.05, 0.1) is 13.2 Å². The Bertz CT molecular complexity index is 427. The van der Waals surface area contributed by atoms with E-state index in [1.807, 2.05) is 0 Å². The topological polar surface area (TPSA) is 90.5 Å². The number of hydrogen-bond acceptors (Lipinski definition) is 5. The van der Waals surface area contributed by atoms with E-state index in [4.69, 9.17) is 9.84 Å². The van der Waals surface area contributed by atoms with Crippen LogP contribution in [0.15, 0.2) is 0 Å². The van der Waals surface area contributed by atoms with Crippen molar-refractivity contribution in [3.05, 3.63) is 11.3 Å². The summed E-state index contributed by atoms with van der Waals surface area (Å²) in [5.74, 6) is -0.533. The third kappa shape index (κ3) is 3.68. The Balaban J connectivity index is 1.75. The number of aromatic amines is 1. The van der Waals surface area contributed by atoms with Gasteiger partial charge in [0.25, 0.3) is 0 Å². The predicted octanol–water partition coefficient (Wildman–Crippen LogP) is 0.551. The lowest BCUT2D eigenvalue weighted by Crippen LogP contribution is -2.37. The number of aryl methyl sites for hydroxylation is 1. The molecular formula is C12H20N4O3. The van der Waals surface area contributed by atoms with E-state index < -0.39 is 5.97 Å². The maximum absolute atomic E-state index is 11.1. The molecule has 0 aliphatic carbocycles. The highest BCUT2D eigenvalue weighted by atomic mass is 16.5. The quantitative estimate of drug-likeness (QED) is 0.653. The van der Waals surface area contributed by atoms with E-state index in [1.165, 1.54) is 0 Å². The molecule has 0 bridgehead atoms. The summed E-state index contributed by atoms with van der Waals surface area (Å²) in [6.07, 6.45) is 0.949. The second kappa shape index (κ2) is 6.53. The molecule has 1 saturated heterocycles. The number of aromatic carboxylic acids is 1. The average Bonchev–Trinajstić information content (AvgIpc) is 2.77. The molecule has 7 nitrogen and oxygen atoms in total. The SMILES string of the molecule is Cc1[nH]nc(NCCCN2CCOCC2)c1C(=O)O. The second-order valence-corrected chi connectivity index (χ2v) is 4.61. The molecule has 1 aromatic heterocycles. The summed E-state index contributed by atoms with van der Waals surface area (Å²) in [5, 5.41) is 18.8. The Hall–Kier alpha value is -1.60. The third-order valence-corrected chi connectivity index (χ3v) is 3.21. The van der Waals surface area contributed by atoms with Crippen LogP contribution in [0.2, 0.25) is 0 Å². The summed E-state index contributed by atoms with van der Waals surface area (Å²) >= 11 is 0. The molecule has 0 spiro atoms. The molecule has 1 aliphatic heterocycles. The maximum Gasteiger partial charge on any atom is 0.341 e. The van der Waals surface area contributed by atoms with Crippen molar-refractivity contribution in [2.24, 2.45) is 0 Å². The van der Waals surface area contributed by atoms with Crippen molar-refractivity contribution in [3.8, 4) is 0 Å². The van der Waals surface area contributed by atoms with Crippen LogP contribution in [0.3, 0.4) is 0 Å². The largest absolute Gasteiger partial charge is 0.477 e. The summed E-state index contributed by atoms with van der Waals surface area (Å²) < 4.78 is 5.28.